The van der Waals surface area contributed by atoms with Crippen molar-refractivity contribution in [1.82, 2.24) is 19.2 Å². The zero-order valence-corrected chi connectivity index (χ0v) is 20.6. The van der Waals surface area contributed by atoms with Crippen LogP contribution in [-0.2, 0) is 0 Å². The Bertz CT molecular complexity index is 1730. The molecule has 0 aliphatic rings. The number of aryl methyl sites for hydroxylation is 2. The van der Waals surface area contributed by atoms with Crippen LogP contribution in [0.3, 0.4) is 0 Å². The SMILES string of the molecule is Cc1cc(C)c(-n2ccn3nc(-c4cccnc4)cc23)cc1NC(=O)c1cc(F)cc(S(F)(F)(F)(F)F)c1. The molecule has 3 aromatic heterocycles. The van der Waals surface area contributed by atoms with Gasteiger partial charge in [-0.2, -0.15) is 5.10 Å². The maximum absolute atomic E-state index is 13.8. The molecule has 0 fully saturated rings. The van der Waals surface area contributed by atoms with Gasteiger partial charge in [-0.3, -0.25) is 14.3 Å². The number of pyridine rings is 1. The van der Waals surface area contributed by atoms with Crippen molar-refractivity contribution in [3.8, 4) is 16.9 Å². The van der Waals surface area contributed by atoms with Crippen LogP contribution in [0.4, 0.5) is 29.5 Å². The van der Waals surface area contributed by atoms with Crippen molar-refractivity contribution in [1.29, 1.82) is 0 Å². The first-order valence-corrected chi connectivity index (χ1v) is 13.0. The summed E-state index contributed by atoms with van der Waals surface area (Å²) in [5.41, 5.74) is 3.43. The molecule has 13 heteroatoms. The third-order valence-corrected chi connectivity index (χ3v) is 7.03. The molecule has 0 aliphatic carbocycles. The lowest BCUT2D eigenvalue weighted by atomic mass is 10.1. The molecule has 0 atom stereocenters. The summed E-state index contributed by atoms with van der Waals surface area (Å²) in [5, 5.41) is 6.95. The molecule has 198 valence electrons. The van der Waals surface area contributed by atoms with Gasteiger partial charge < -0.3 is 5.32 Å². The van der Waals surface area contributed by atoms with Crippen LogP contribution >= 0.6 is 10.2 Å². The Labute approximate surface area is 212 Å². The van der Waals surface area contributed by atoms with Gasteiger partial charge in [-0.25, -0.2) is 8.91 Å². The number of nitrogens with one attached hydrogen (secondary N) is 1. The average Bonchev–Trinajstić information content (AvgIpc) is 3.41. The summed E-state index contributed by atoms with van der Waals surface area (Å²) in [6.07, 6.45) is 6.78. The van der Waals surface area contributed by atoms with E-state index in [4.69, 9.17) is 0 Å². The van der Waals surface area contributed by atoms with E-state index in [1.807, 2.05) is 19.1 Å². The summed E-state index contributed by atoms with van der Waals surface area (Å²) < 4.78 is 83.5. The zero-order valence-electron chi connectivity index (χ0n) is 19.8. The number of halogens is 6. The molecule has 1 amide bonds. The van der Waals surface area contributed by atoms with E-state index in [2.05, 4.69) is 15.4 Å². The Morgan fingerprint density at radius 2 is 1.71 bits per heavy atom. The van der Waals surface area contributed by atoms with Crippen LogP contribution in [0.2, 0.25) is 0 Å². The van der Waals surface area contributed by atoms with Crippen LogP contribution < -0.4 is 5.32 Å². The van der Waals surface area contributed by atoms with Gasteiger partial charge in [-0.1, -0.05) is 25.5 Å². The number of nitrogens with zero attached hydrogens (tertiary/aromatic N) is 4. The molecule has 0 saturated heterocycles. The van der Waals surface area contributed by atoms with E-state index in [1.165, 1.54) is 0 Å². The van der Waals surface area contributed by atoms with Crippen LogP contribution in [0.25, 0.3) is 22.6 Å². The third-order valence-electron chi connectivity index (χ3n) is 5.91. The normalized spacial score (nSPS) is 13.8. The van der Waals surface area contributed by atoms with Gasteiger partial charge in [0.25, 0.3) is 5.91 Å². The number of anilines is 1. The smallest absolute Gasteiger partial charge is 0.310 e. The molecule has 0 aliphatic heterocycles. The number of carbonyl (C=O) groups is 1. The Hall–Kier alpha value is -4.26. The molecule has 5 aromatic rings. The third kappa shape index (κ3) is 4.84. The van der Waals surface area contributed by atoms with Gasteiger partial charge in [0.05, 0.1) is 11.4 Å². The van der Waals surface area contributed by atoms with Gasteiger partial charge in [-0.05, 0) is 61.4 Å². The van der Waals surface area contributed by atoms with Crippen molar-refractivity contribution in [3.63, 3.8) is 0 Å². The summed E-state index contributed by atoms with van der Waals surface area (Å²) in [6, 6.07) is 8.90. The Kier molecular flexibility index (Phi) is 5.26. The first-order chi connectivity index (χ1) is 17.6. The highest BCUT2D eigenvalue weighted by Crippen LogP contribution is 3.02. The Morgan fingerprint density at radius 1 is 0.947 bits per heavy atom. The molecule has 1 N–H and O–H groups in total. The van der Waals surface area contributed by atoms with Crippen molar-refractivity contribution in [2.24, 2.45) is 0 Å². The second kappa shape index (κ2) is 7.87. The van der Waals surface area contributed by atoms with Crippen LogP contribution in [0.15, 0.2) is 78.2 Å². The number of aromatic nitrogens is 4. The maximum atomic E-state index is 13.8. The van der Waals surface area contributed by atoms with E-state index in [-0.39, 0.29) is 17.8 Å². The standard InChI is InChI=1S/C25H19F6N5OS/c1-15-8-16(2)23(35-6-7-36-24(35)13-22(34-36)17-4-3-5-32-14-17)12-21(15)33-25(37)18-9-19(26)11-20(10-18)38(27,28,29,30)31/h3-14H,1-2H3,(H,33,37). The lowest BCUT2D eigenvalue weighted by molar-refractivity contribution is 0.102. The Morgan fingerprint density at radius 3 is 2.39 bits per heavy atom. The molecule has 0 radical (unpaired) electrons. The number of hydrogen-bond donors (Lipinski definition) is 1. The van der Waals surface area contributed by atoms with E-state index in [0.29, 0.717) is 28.7 Å². The monoisotopic (exact) mass is 551 g/mol. The van der Waals surface area contributed by atoms with Crippen molar-refractivity contribution < 1.29 is 28.6 Å². The number of fused-ring (bicyclic) bond motifs is 1. The lowest BCUT2D eigenvalue weighted by Gasteiger charge is -2.40. The first kappa shape index (κ1) is 25.4. The van der Waals surface area contributed by atoms with E-state index in [1.54, 1.807) is 59.0 Å². The van der Waals surface area contributed by atoms with Gasteiger partial charge in [0.15, 0.2) is 0 Å². The molecule has 6 nitrogen and oxygen atoms in total. The highest BCUT2D eigenvalue weighted by atomic mass is 32.5. The van der Waals surface area contributed by atoms with Crippen molar-refractivity contribution in [3.05, 3.63) is 95.8 Å². The molecular formula is C25H19F6N5OS. The van der Waals surface area contributed by atoms with E-state index >= 15 is 0 Å². The van der Waals surface area contributed by atoms with Gasteiger partial charge in [-0.15, -0.1) is 0 Å². The second-order valence-corrected chi connectivity index (χ2v) is 11.2. The summed E-state index contributed by atoms with van der Waals surface area (Å²) in [7, 11) is -10.2. The van der Waals surface area contributed by atoms with Crippen molar-refractivity contribution >= 4 is 27.5 Å². The predicted molar refractivity (Wildman–Crippen MR) is 133 cm³/mol. The van der Waals surface area contributed by atoms with E-state index < -0.39 is 32.4 Å². The number of carbonyl (C=O) groups excluding carboxylic acids is 1. The average molecular weight is 552 g/mol. The molecule has 2 aromatic carbocycles. The second-order valence-electron chi connectivity index (χ2n) is 8.79. The topological polar surface area (TPSA) is 64.2 Å². The fourth-order valence-electron chi connectivity index (χ4n) is 4.09. The van der Waals surface area contributed by atoms with Gasteiger partial charge in [0.2, 0.25) is 0 Å². The number of benzene rings is 2. The Balaban J connectivity index is 1.52. The van der Waals surface area contributed by atoms with Gasteiger partial charge in [0, 0.05) is 47.7 Å². The van der Waals surface area contributed by atoms with Crippen LogP contribution in [0, 0.1) is 19.7 Å². The van der Waals surface area contributed by atoms with E-state index in [0.717, 1.165) is 11.1 Å². The van der Waals surface area contributed by atoms with Crippen LogP contribution in [0.1, 0.15) is 21.5 Å². The summed E-state index contributed by atoms with van der Waals surface area (Å²) in [4.78, 5) is 14.4. The molecule has 0 spiro atoms. The van der Waals surface area contributed by atoms with Crippen molar-refractivity contribution in [2.75, 3.05) is 5.32 Å². The minimum Gasteiger partial charge on any atom is -0.322 e. The molecule has 38 heavy (non-hydrogen) atoms. The highest BCUT2D eigenvalue weighted by molar-refractivity contribution is 8.45. The number of amides is 1. The zero-order chi connectivity index (χ0) is 27.5. The first-order valence-electron chi connectivity index (χ1n) is 11.0. The summed E-state index contributed by atoms with van der Waals surface area (Å²) >= 11 is 0. The number of rotatable bonds is 5. The molecule has 0 bridgehead atoms. The minimum atomic E-state index is -10.2. The van der Waals surface area contributed by atoms with Crippen molar-refractivity contribution in [2.45, 2.75) is 18.7 Å². The number of hydrogen-bond acceptors (Lipinski definition) is 3. The fraction of sp³-hybridized carbons (Fsp3) is 0.0800. The molecular weight excluding hydrogens is 532 g/mol. The molecule has 0 saturated carbocycles. The highest BCUT2D eigenvalue weighted by Gasteiger charge is 2.65. The number of imidazole rings is 1. The lowest BCUT2D eigenvalue weighted by Crippen LogP contribution is -2.15. The molecule has 0 unspecified atom stereocenters. The summed E-state index contributed by atoms with van der Waals surface area (Å²) in [5.74, 6) is -2.78. The minimum absolute atomic E-state index is 0.0495. The quantitative estimate of drug-likeness (QED) is 0.226. The van der Waals surface area contributed by atoms with Gasteiger partial charge >= 0.3 is 10.2 Å². The van der Waals surface area contributed by atoms with E-state index in [9.17, 15) is 28.6 Å². The molecule has 3 heterocycles. The van der Waals surface area contributed by atoms with Crippen LogP contribution in [-0.4, -0.2) is 25.1 Å². The fourth-order valence-corrected chi connectivity index (χ4v) is 4.77. The maximum Gasteiger partial charge on any atom is 0.310 e. The summed E-state index contributed by atoms with van der Waals surface area (Å²) in [6.45, 7) is 3.49. The molecule has 5 rings (SSSR count). The van der Waals surface area contributed by atoms with Gasteiger partial charge in [0.1, 0.15) is 16.4 Å². The largest absolute Gasteiger partial charge is 0.322 e. The predicted octanol–water partition coefficient (Wildman–Crippen LogP) is 7.85. The van der Waals surface area contributed by atoms with Crippen LogP contribution in [0.5, 0.6) is 0 Å².